The van der Waals surface area contributed by atoms with Gasteiger partial charge in [0.2, 0.25) is 0 Å². The molecule has 1 aromatic rings. The summed E-state index contributed by atoms with van der Waals surface area (Å²) in [5, 5.41) is 18.3. The number of carbonyl (C=O) groups is 2. The van der Waals surface area contributed by atoms with Gasteiger partial charge in [0.25, 0.3) is 5.91 Å². The van der Waals surface area contributed by atoms with Crippen LogP contribution in [-0.2, 0) is 4.79 Å². The van der Waals surface area contributed by atoms with Gasteiger partial charge in [-0.2, -0.15) is 0 Å². The number of aryl methyl sites for hydroxylation is 1. The second kappa shape index (κ2) is 4.08. The molecule has 0 radical (unpaired) electrons. The standard InChI is InChI=1S/C12H13NO4/c1-7-2-3-9(10(14)4-7)11(15)13-5-8(6-13)12(16)17/h2-4,8,14H,5-6H2,1H3,(H,16,17). The topological polar surface area (TPSA) is 77.8 Å². The SMILES string of the molecule is Cc1ccc(C(=O)N2CC(C(=O)O)C2)c(O)c1. The van der Waals surface area contributed by atoms with E-state index >= 15 is 0 Å². The van der Waals surface area contributed by atoms with Crippen LogP contribution in [0.3, 0.4) is 0 Å². The molecule has 2 N–H and O–H groups in total. The number of carboxylic acids is 1. The molecular weight excluding hydrogens is 222 g/mol. The molecule has 1 aromatic carbocycles. The molecule has 0 atom stereocenters. The minimum atomic E-state index is -0.887. The predicted octanol–water partition coefficient (Wildman–Crippen LogP) is 0.857. The van der Waals surface area contributed by atoms with E-state index in [2.05, 4.69) is 0 Å². The zero-order valence-electron chi connectivity index (χ0n) is 9.38. The Kier molecular flexibility index (Phi) is 2.75. The first-order chi connectivity index (χ1) is 7.99. The van der Waals surface area contributed by atoms with Crippen molar-refractivity contribution in [1.29, 1.82) is 0 Å². The second-order valence-electron chi connectivity index (χ2n) is 4.27. The van der Waals surface area contributed by atoms with Gasteiger partial charge in [0, 0.05) is 13.1 Å². The van der Waals surface area contributed by atoms with Gasteiger partial charge in [0.15, 0.2) is 0 Å². The molecule has 90 valence electrons. The van der Waals surface area contributed by atoms with Crippen molar-refractivity contribution in [2.75, 3.05) is 13.1 Å². The number of nitrogens with zero attached hydrogens (tertiary/aromatic N) is 1. The quantitative estimate of drug-likeness (QED) is 0.796. The molecule has 5 heteroatoms. The highest BCUT2D eigenvalue weighted by Gasteiger charge is 2.36. The summed E-state index contributed by atoms with van der Waals surface area (Å²) in [6.07, 6.45) is 0. The van der Waals surface area contributed by atoms with E-state index < -0.39 is 11.9 Å². The lowest BCUT2D eigenvalue weighted by Crippen LogP contribution is -2.53. The maximum absolute atomic E-state index is 11.9. The summed E-state index contributed by atoms with van der Waals surface area (Å²) in [7, 11) is 0. The van der Waals surface area contributed by atoms with Crippen LogP contribution in [0.15, 0.2) is 18.2 Å². The molecule has 1 fully saturated rings. The fraction of sp³-hybridized carbons (Fsp3) is 0.333. The second-order valence-corrected chi connectivity index (χ2v) is 4.27. The molecule has 2 rings (SSSR count). The molecule has 1 aliphatic heterocycles. The van der Waals surface area contributed by atoms with Crippen LogP contribution in [0.25, 0.3) is 0 Å². The fourth-order valence-corrected chi connectivity index (χ4v) is 1.79. The van der Waals surface area contributed by atoms with Gasteiger partial charge in [-0.05, 0) is 24.6 Å². The molecule has 0 unspecified atom stereocenters. The van der Waals surface area contributed by atoms with Crippen LogP contribution < -0.4 is 0 Å². The lowest BCUT2D eigenvalue weighted by Gasteiger charge is -2.36. The molecule has 1 heterocycles. The van der Waals surface area contributed by atoms with Crippen molar-refractivity contribution in [3.63, 3.8) is 0 Å². The highest BCUT2D eigenvalue weighted by Crippen LogP contribution is 2.24. The average molecular weight is 235 g/mol. The van der Waals surface area contributed by atoms with Crippen LogP contribution in [0, 0.1) is 12.8 Å². The minimum Gasteiger partial charge on any atom is -0.507 e. The zero-order chi connectivity index (χ0) is 12.6. The molecule has 0 aromatic heterocycles. The summed E-state index contributed by atoms with van der Waals surface area (Å²) in [5.41, 5.74) is 1.09. The molecule has 0 bridgehead atoms. The number of likely N-dealkylation sites (tertiary alicyclic amines) is 1. The summed E-state index contributed by atoms with van der Waals surface area (Å²) in [6, 6.07) is 4.81. The highest BCUT2D eigenvalue weighted by atomic mass is 16.4. The number of aromatic hydroxyl groups is 1. The molecule has 0 saturated carbocycles. The van der Waals surface area contributed by atoms with Crippen LogP contribution in [-0.4, -0.2) is 40.1 Å². The van der Waals surface area contributed by atoms with E-state index in [0.717, 1.165) is 5.56 Å². The Balaban J connectivity index is 2.09. The number of carboxylic acid groups (broad SMARTS) is 1. The summed E-state index contributed by atoms with van der Waals surface area (Å²) >= 11 is 0. The molecule has 0 aliphatic carbocycles. The van der Waals surface area contributed by atoms with Crippen molar-refractivity contribution in [3.8, 4) is 5.75 Å². The number of carbonyl (C=O) groups excluding carboxylic acids is 1. The number of rotatable bonds is 2. The Morgan fingerprint density at radius 3 is 2.53 bits per heavy atom. The van der Waals surface area contributed by atoms with Crippen LogP contribution >= 0.6 is 0 Å². The number of phenols is 1. The third kappa shape index (κ3) is 2.08. The zero-order valence-corrected chi connectivity index (χ0v) is 9.38. The van der Waals surface area contributed by atoms with E-state index in [1.54, 1.807) is 12.1 Å². The van der Waals surface area contributed by atoms with E-state index in [9.17, 15) is 14.7 Å². The Labute approximate surface area is 98.3 Å². The Morgan fingerprint density at radius 1 is 1.35 bits per heavy atom. The third-order valence-corrected chi connectivity index (χ3v) is 2.90. The number of hydrogen-bond acceptors (Lipinski definition) is 3. The lowest BCUT2D eigenvalue weighted by atomic mass is 9.98. The fourth-order valence-electron chi connectivity index (χ4n) is 1.79. The monoisotopic (exact) mass is 235 g/mol. The van der Waals surface area contributed by atoms with Crippen LogP contribution in [0.5, 0.6) is 5.75 Å². The number of benzene rings is 1. The highest BCUT2D eigenvalue weighted by molar-refractivity contribution is 5.98. The number of amides is 1. The molecule has 0 spiro atoms. The smallest absolute Gasteiger partial charge is 0.310 e. The van der Waals surface area contributed by atoms with Gasteiger partial charge in [-0.25, -0.2) is 0 Å². The van der Waals surface area contributed by atoms with E-state index in [1.807, 2.05) is 6.92 Å². The molecule has 1 aliphatic rings. The van der Waals surface area contributed by atoms with E-state index in [1.165, 1.54) is 11.0 Å². The van der Waals surface area contributed by atoms with Gasteiger partial charge < -0.3 is 15.1 Å². The largest absolute Gasteiger partial charge is 0.507 e. The van der Waals surface area contributed by atoms with E-state index in [4.69, 9.17) is 5.11 Å². The van der Waals surface area contributed by atoms with Crippen molar-refractivity contribution in [2.24, 2.45) is 5.92 Å². The van der Waals surface area contributed by atoms with Gasteiger partial charge in [-0.1, -0.05) is 6.07 Å². The van der Waals surface area contributed by atoms with Crippen LogP contribution in [0.2, 0.25) is 0 Å². The van der Waals surface area contributed by atoms with Gasteiger partial charge in [-0.3, -0.25) is 9.59 Å². The van der Waals surface area contributed by atoms with Gasteiger partial charge in [-0.15, -0.1) is 0 Å². The Hall–Kier alpha value is -2.04. The lowest BCUT2D eigenvalue weighted by molar-refractivity contribution is -0.146. The van der Waals surface area contributed by atoms with E-state index in [0.29, 0.717) is 0 Å². The van der Waals surface area contributed by atoms with E-state index in [-0.39, 0.29) is 30.3 Å². The summed E-state index contributed by atoms with van der Waals surface area (Å²) in [4.78, 5) is 23.9. The molecular formula is C12H13NO4. The number of hydrogen-bond donors (Lipinski definition) is 2. The number of phenolic OH excluding ortho intramolecular Hbond substituents is 1. The maximum Gasteiger partial charge on any atom is 0.310 e. The predicted molar refractivity (Wildman–Crippen MR) is 59.9 cm³/mol. The average Bonchev–Trinajstić information content (AvgIpc) is 2.13. The summed E-state index contributed by atoms with van der Waals surface area (Å²) < 4.78 is 0. The molecule has 17 heavy (non-hydrogen) atoms. The van der Waals surface area contributed by atoms with Gasteiger partial charge >= 0.3 is 5.97 Å². The summed E-state index contributed by atoms with van der Waals surface area (Å²) in [6.45, 7) is 2.24. The van der Waals surface area contributed by atoms with Gasteiger partial charge in [0.05, 0.1) is 11.5 Å². The first-order valence-corrected chi connectivity index (χ1v) is 5.30. The van der Waals surface area contributed by atoms with Crippen molar-refractivity contribution >= 4 is 11.9 Å². The van der Waals surface area contributed by atoms with Crippen LogP contribution in [0.4, 0.5) is 0 Å². The molecule has 1 amide bonds. The van der Waals surface area contributed by atoms with Crippen molar-refractivity contribution < 1.29 is 19.8 Å². The molecule has 1 saturated heterocycles. The van der Waals surface area contributed by atoms with Crippen molar-refractivity contribution in [1.82, 2.24) is 4.90 Å². The number of aliphatic carboxylic acids is 1. The Bertz CT molecular complexity index is 477. The summed E-state index contributed by atoms with van der Waals surface area (Å²) in [5.74, 6) is -1.75. The van der Waals surface area contributed by atoms with Crippen molar-refractivity contribution in [3.05, 3.63) is 29.3 Å². The Morgan fingerprint density at radius 2 is 2.00 bits per heavy atom. The van der Waals surface area contributed by atoms with Crippen LogP contribution in [0.1, 0.15) is 15.9 Å². The van der Waals surface area contributed by atoms with Gasteiger partial charge in [0.1, 0.15) is 5.75 Å². The first kappa shape index (κ1) is 11.4. The minimum absolute atomic E-state index is 0.0613. The maximum atomic E-state index is 11.9. The third-order valence-electron chi connectivity index (χ3n) is 2.90. The normalized spacial score (nSPS) is 15.5. The first-order valence-electron chi connectivity index (χ1n) is 5.30. The molecule has 5 nitrogen and oxygen atoms in total. The van der Waals surface area contributed by atoms with Crippen molar-refractivity contribution in [2.45, 2.75) is 6.92 Å².